The van der Waals surface area contributed by atoms with Crippen molar-refractivity contribution in [2.24, 2.45) is 20.5 Å². The van der Waals surface area contributed by atoms with E-state index in [2.05, 4.69) is 44.4 Å². The number of anilines is 1. The second kappa shape index (κ2) is 10.5. The van der Waals surface area contributed by atoms with Crippen molar-refractivity contribution in [2.45, 2.75) is 26.2 Å². The molecule has 3 aromatic rings. The molecule has 0 saturated carbocycles. The molecule has 158 valence electrons. The largest absolute Gasteiger partial charge is 0.494 e. The van der Waals surface area contributed by atoms with Crippen LogP contribution in [0.3, 0.4) is 0 Å². The summed E-state index contributed by atoms with van der Waals surface area (Å²) in [6.07, 6.45) is 3.54. The van der Waals surface area contributed by atoms with E-state index in [1.807, 2.05) is 60.7 Å². The van der Waals surface area contributed by atoms with Crippen LogP contribution in [0.25, 0.3) is 0 Å². The molecule has 1 saturated heterocycles. The van der Waals surface area contributed by atoms with Gasteiger partial charge < -0.3 is 9.64 Å². The van der Waals surface area contributed by atoms with Crippen molar-refractivity contribution in [1.82, 2.24) is 0 Å². The molecule has 4 rings (SSSR count). The second-order valence-corrected chi connectivity index (χ2v) is 7.47. The first kappa shape index (κ1) is 20.7. The highest BCUT2D eigenvalue weighted by Crippen LogP contribution is 2.26. The fourth-order valence-corrected chi connectivity index (χ4v) is 3.35. The lowest BCUT2D eigenvalue weighted by Gasteiger charge is -2.17. The van der Waals surface area contributed by atoms with E-state index >= 15 is 0 Å². The third-order valence-corrected chi connectivity index (χ3v) is 5.04. The van der Waals surface area contributed by atoms with Crippen molar-refractivity contribution in [1.29, 1.82) is 0 Å². The number of hydrogen-bond donors (Lipinski definition) is 0. The first-order chi connectivity index (χ1) is 15.3. The number of ether oxygens (including phenoxy) is 1. The standard InChI is InChI=1S/C25H27N5O/c1-2-19-31-25-15-11-23(12-16-25)29-27-21-7-5-20(6-8-21)26-28-22-9-13-24(14-10-22)30-17-3-4-18-30/h5-16H,2-4,17-19H2,1H3. The molecule has 1 heterocycles. The lowest BCUT2D eigenvalue weighted by molar-refractivity contribution is 0.317. The smallest absolute Gasteiger partial charge is 0.119 e. The molecule has 0 radical (unpaired) electrons. The Labute approximate surface area is 183 Å². The fourth-order valence-electron chi connectivity index (χ4n) is 3.35. The van der Waals surface area contributed by atoms with Gasteiger partial charge >= 0.3 is 0 Å². The Morgan fingerprint density at radius 2 is 1.06 bits per heavy atom. The maximum absolute atomic E-state index is 5.58. The molecular weight excluding hydrogens is 386 g/mol. The molecule has 0 aromatic heterocycles. The first-order valence-corrected chi connectivity index (χ1v) is 10.8. The second-order valence-electron chi connectivity index (χ2n) is 7.47. The van der Waals surface area contributed by atoms with Crippen molar-refractivity contribution in [3.63, 3.8) is 0 Å². The van der Waals surface area contributed by atoms with E-state index in [0.29, 0.717) is 6.61 Å². The maximum atomic E-state index is 5.58. The number of hydrogen-bond acceptors (Lipinski definition) is 6. The molecule has 0 amide bonds. The van der Waals surface area contributed by atoms with Gasteiger partial charge in [-0.2, -0.15) is 20.5 Å². The molecule has 0 spiro atoms. The van der Waals surface area contributed by atoms with Gasteiger partial charge in [-0.15, -0.1) is 0 Å². The van der Waals surface area contributed by atoms with Gasteiger partial charge in [0.05, 0.1) is 29.4 Å². The highest BCUT2D eigenvalue weighted by molar-refractivity contribution is 5.54. The predicted octanol–water partition coefficient (Wildman–Crippen LogP) is 7.91. The zero-order valence-corrected chi connectivity index (χ0v) is 17.8. The molecule has 6 nitrogen and oxygen atoms in total. The molecule has 0 atom stereocenters. The van der Waals surface area contributed by atoms with Gasteiger partial charge in [0.1, 0.15) is 5.75 Å². The SMILES string of the molecule is CCCOc1ccc(N=Nc2ccc(N=Nc3ccc(N4CCCC4)cc3)cc2)cc1. The van der Waals surface area contributed by atoms with Gasteiger partial charge in [-0.1, -0.05) is 6.92 Å². The predicted molar refractivity (Wildman–Crippen MR) is 125 cm³/mol. The summed E-state index contributed by atoms with van der Waals surface area (Å²) in [5, 5.41) is 17.2. The van der Waals surface area contributed by atoms with E-state index in [1.54, 1.807) is 0 Å². The number of azo groups is 2. The van der Waals surface area contributed by atoms with Gasteiger partial charge in [0.25, 0.3) is 0 Å². The van der Waals surface area contributed by atoms with Crippen LogP contribution in [0.5, 0.6) is 5.75 Å². The minimum absolute atomic E-state index is 0.717. The number of benzene rings is 3. The van der Waals surface area contributed by atoms with E-state index in [9.17, 15) is 0 Å². The molecule has 3 aromatic carbocycles. The third kappa shape index (κ3) is 5.98. The van der Waals surface area contributed by atoms with Crippen LogP contribution in [0.4, 0.5) is 28.4 Å². The zero-order chi connectivity index (χ0) is 21.3. The molecule has 0 aliphatic carbocycles. The molecule has 0 N–H and O–H groups in total. The van der Waals surface area contributed by atoms with Crippen LogP contribution in [-0.2, 0) is 0 Å². The third-order valence-electron chi connectivity index (χ3n) is 5.04. The van der Waals surface area contributed by atoms with Crippen molar-refractivity contribution >= 4 is 28.4 Å². The van der Waals surface area contributed by atoms with E-state index in [1.165, 1.54) is 18.5 Å². The molecule has 0 bridgehead atoms. The van der Waals surface area contributed by atoms with Crippen molar-refractivity contribution in [2.75, 3.05) is 24.6 Å². The van der Waals surface area contributed by atoms with E-state index < -0.39 is 0 Å². The molecule has 0 unspecified atom stereocenters. The van der Waals surface area contributed by atoms with Crippen LogP contribution in [0.2, 0.25) is 0 Å². The molecule has 1 aliphatic rings. The van der Waals surface area contributed by atoms with Crippen LogP contribution < -0.4 is 9.64 Å². The van der Waals surface area contributed by atoms with Gasteiger partial charge in [0.15, 0.2) is 0 Å². The van der Waals surface area contributed by atoms with Crippen molar-refractivity contribution < 1.29 is 4.74 Å². The lowest BCUT2D eigenvalue weighted by Crippen LogP contribution is -2.17. The number of nitrogens with zero attached hydrogens (tertiary/aromatic N) is 5. The molecule has 6 heteroatoms. The Morgan fingerprint density at radius 1 is 0.645 bits per heavy atom. The summed E-state index contributed by atoms with van der Waals surface area (Å²) in [5.41, 5.74) is 4.43. The summed E-state index contributed by atoms with van der Waals surface area (Å²) in [6.45, 7) is 5.09. The number of rotatable bonds is 8. The monoisotopic (exact) mass is 413 g/mol. The van der Waals surface area contributed by atoms with E-state index in [4.69, 9.17) is 4.74 Å². The van der Waals surface area contributed by atoms with Crippen LogP contribution in [0.1, 0.15) is 26.2 Å². The highest BCUT2D eigenvalue weighted by Gasteiger charge is 2.11. The summed E-state index contributed by atoms with van der Waals surface area (Å²) >= 11 is 0. The quantitative estimate of drug-likeness (QED) is 0.352. The van der Waals surface area contributed by atoms with Gasteiger partial charge in [-0.25, -0.2) is 0 Å². The highest BCUT2D eigenvalue weighted by atomic mass is 16.5. The molecule has 31 heavy (non-hydrogen) atoms. The Kier molecular flexibility index (Phi) is 7.00. The average molecular weight is 414 g/mol. The average Bonchev–Trinajstić information content (AvgIpc) is 3.37. The van der Waals surface area contributed by atoms with Crippen molar-refractivity contribution in [3.05, 3.63) is 72.8 Å². The van der Waals surface area contributed by atoms with E-state index in [0.717, 1.165) is 48.0 Å². The van der Waals surface area contributed by atoms with Gasteiger partial charge in [-0.3, -0.25) is 0 Å². The maximum Gasteiger partial charge on any atom is 0.119 e. The fraction of sp³-hybridized carbons (Fsp3) is 0.280. The minimum atomic E-state index is 0.717. The summed E-state index contributed by atoms with van der Waals surface area (Å²) in [7, 11) is 0. The summed E-state index contributed by atoms with van der Waals surface area (Å²) in [5.74, 6) is 0.848. The molecular formula is C25H27N5O. The van der Waals surface area contributed by atoms with Crippen LogP contribution in [0, 0.1) is 0 Å². The minimum Gasteiger partial charge on any atom is -0.494 e. The Hall–Kier alpha value is -3.54. The van der Waals surface area contributed by atoms with Gasteiger partial charge in [0, 0.05) is 18.8 Å². The molecule has 1 fully saturated rings. The summed E-state index contributed by atoms with van der Waals surface area (Å²) in [4.78, 5) is 2.41. The van der Waals surface area contributed by atoms with Crippen molar-refractivity contribution in [3.8, 4) is 5.75 Å². The van der Waals surface area contributed by atoms with Gasteiger partial charge in [-0.05, 0) is 92.1 Å². The van der Waals surface area contributed by atoms with Crippen LogP contribution in [-0.4, -0.2) is 19.7 Å². The summed E-state index contributed by atoms with van der Waals surface area (Å²) < 4.78 is 5.58. The lowest BCUT2D eigenvalue weighted by atomic mass is 10.2. The molecule has 1 aliphatic heterocycles. The van der Waals surface area contributed by atoms with Gasteiger partial charge in [0.2, 0.25) is 0 Å². The summed E-state index contributed by atoms with van der Waals surface area (Å²) in [6, 6.07) is 23.4. The Morgan fingerprint density at radius 3 is 1.52 bits per heavy atom. The topological polar surface area (TPSA) is 61.9 Å². The Balaban J connectivity index is 1.33. The van der Waals surface area contributed by atoms with Crippen LogP contribution >= 0.6 is 0 Å². The normalized spacial score (nSPS) is 14.0. The Bertz CT molecular complexity index is 1010. The van der Waals surface area contributed by atoms with Crippen LogP contribution in [0.15, 0.2) is 93.3 Å². The first-order valence-electron chi connectivity index (χ1n) is 10.8. The van der Waals surface area contributed by atoms with E-state index in [-0.39, 0.29) is 0 Å². The zero-order valence-electron chi connectivity index (χ0n) is 17.8.